The average Bonchev–Trinajstić information content (AvgIpc) is 2.48. The van der Waals surface area contributed by atoms with Gasteiger partial charge in [0.2, 0.25) is 0 Å². The third-order valence-electron chi connectivity index (χ3n) is 2.93. The van der Waals surface area contributed by atoms with Gasteiger partial charge in [0, 0.05) is 13.1 Å². The molecule has 1 aromatic carbocycles. The number of hydrogen-bond acceptors (Lipinski definition) is 5. The Morgan fingerprint density at radius 2 is 1.76 bits per heavy atom. The largest absolute Gasteiger partial charge is 0.466 e. The molecule has 0 fully saturated rings. The number of carbonyl (C=O) groups is 2. The van der Waals surface area contributed by atoms with Gasteiger partial charge in [-0.1, -0.05) is 30.3 Å². The highest BCUT2D eigenvalue weighted by Crippen LogP contribution is 2.16. The fraction of sp³-hybridized carbons (Fsp3) is 0.500. The van der Waals surface area contributed by atoms with Crippen molar-refractivity contribution in [2.45, 2.75) is 26.2 Å². The SMILES string of the molecule is CCOC(=O)CCNCC(C(=O)OCC)c1ccccc1. The van der Waals surface area contributed by atoms with Crippen LogP contribution in [-0.2, 0) is 19.1 Å². The van der Waals surface area contributed by atoms with Crippen LogP contribution in [0.5, 0.6) is 0 Å². The molecule has 0 heterocycles. The fourth-order valence-electron chi connectivity index (χ4n) is 1.94. The highest BCUT2D eigenvalue weighted by atomic mass is 16.5. The summed E-state index contributed by atoms with van der Waals surface area (Å²) in [4.78, 5) is 23.3. The summed E-state index contributed by atoms with van der Waals surface area (Å²) < 4.78 is 9.95. The third-order valence-corrected chi connectivity index (χ3v) is 2.93. The molecule has 0 amide bonds. The predicted octanol–water partition coefficient (Wildman–Crippen LogP) is 1.88. The maximum absolute atomic E-state index is 12.0. The molecule has 0 radical (unpaired) electrons. The minimum atomic E-state index is -0.367. The van der Waals surface area contributed by atoms with Crippen molar-refractivity contribution < 1.29 is 19.1 Å². The first-order valence-electron chi connectivity index (χ1n) is 7.27. The lowest BCUT2D eigenvalue weighted by atomic mass is 9.99. The molecule has 0 aliphatic rings. The van der Waals surface area contributed by atoms with Gasteiger partial charge in [-0.15, -0.1) is 0 Å². The van der Waals surface area contributed by atoms with Gasteiger partial charge in [0.15, 0.2) is 0 Å². The minimum Gasteiger partial charge on any atom is -0.466 e. The highest BCUT2D eigenvalue weighted by molar-refractivity contribution is 5.78. The molecule has 1 unspecified atom stereocenters. The predicted molar refractivity (Wildman–Crippen MR) is 79.9 cm³/mol. The average molecular weight is 293 g/mol. The van der Waals surface area contributed by atoms with Gasteiger partial charge in [-0.25, -0.2) is 0 Å². The highest BCUT2D eigenvalue weighted by Gasteiger charge is 2.21. The molecular formula is C16H23NO4. The van der Waals surface area contributed by atoms with Gasteiger partial charge in [0.1, 0.15) is 0 Å². The van der Waals surface area contributed by atoms with Crippen LogP contribution in [0.1, 0.15) is 31.7 Å². The van der Waals surface area contributed by atoms with Gasteiger partial charge in [-0.3, -0.25) is 9.59 Å². The Labute approximate surface area is 125 Å². The first kappa shape index (κ1) is 17.2. The number of nitrogens with one attached hydrogen (secondary N) is 1. The number of hydrogen-bond donors (Lipinski definition) is 1. The summed E-state index contributed by atoms with van der Waals surface area (Å²) in [5.41, 5.74) is 0.902. The van der Waals surface area contributed by atoms with Crippen LogP contribution in [0.4, 0.5) is 0 Å². The number of carbonyl (C=O) groups excluding carboxylic acids is 2. The Morgan fingerprint density at radius 3 is 2.38 bits per heavy atom. The Bertz CT molecular complexity index is 433. The maximum Gasteiger partial charge on any atom is 0.314 e. The van der Waals surface area contributed by atoms with Gasteiger partial charge in [0.05, 0.1) is 25.6 Å². The molecule has 5 heteroatoms. The topological polar surface area (TPSA) is 64.6 Å². The quantitative estimate of drug-likeness (QED) is 0.556. The second kappa shape index (κ2) is 9.94. The normalized spacial score (nSPS) is 11.7. The van der Waals surface area contributed by atoms with E-state index in [9.17, 15) is 9.59 Å². The molecule has 1 rings (SSSR count). The van der Waals surface area contributed by atoms with Crippen LogP contribution in [-0.4, -0.2) is 38.2 Å². The number of rotatable bonds is 9. The Hall–Kier alpha value is -1.88. The summed E-state index contributed by atoms with van der Waals surface area (Å²) >= 11 is 0. The molecule has 1 atom stereocenters. The van der Waals surface area contributed by atoms with E-state index in [2.05, 4.69) is 5.32 Å². The third kappa shape index (κ3) is 6.40. The van der Waals surface area contributed by atoms with Gasteiger partial charge >= 0.3 is 11.9 Å². The zero-order valence-corrected chi connectivity index (χ0v) is 12.6. The molecule has 0 aliphatic heterocycles. The fourth-order valence-corrected chi connectivity index (χ4v) is 1.94. The van der Waals surface area contributed by atoms with Crippen molar-refractivity contribution in [1.82, 2.24) is 5.32 Å². The molecular weight excluding hydrogens is 270 g/mol. The summed E-state index contributed by atoms with van der Waals surface area (Å²) in [6.45, 7) is 5.20. The zero-order chi connectivity index (χ0) is 15.5. The van der Waals surface area contributed by atoms with E-state index in [1.165, 1.54) is 0 Å². The van der Waals surface area contributed by atoms with Gasteiger partial charge in [-0.2, -0.15) is 0 Å². The molecule has 0 aliphatic carbocycles. The van der Waals surface area contributed by atoms with Crippen molar-refractivity contribution in [2.24, 2.45) is 0 Å². The van der Waals surface area contributed by atoms with Crippen molar-refractivity contribution in [1.29, 1.82) is 0 Å². The van der Waals surface area contributed by atoms with E-state index in [0.29, 0.717) is 26.3 Å². The number of ether oxygens (including phenoxy) is 2. The molecule has 21 heavy (non-hydrogen) atoms. The second-order valence-corrected chi connectivity index (χ2v) is 4.47. The lowest BCUT2D eigenvalue weighted by Crippen LogP contribution is -2.30. The molecule has 0 saturated carbocycles. The molecule has 0 aromatic heterocycles. The maximum atomic E-state index is 12.0. The lowest BCUT2D eigenvalue weighted by Gasteiger charge is -2.16. The van der Waals surface area contributed by atoms with E-state index in [-0.39, 0.29) is 24.3 Å². The van der Waals surface area contributed by atoms with Crippen LogP contribution in [0.15, 0.2) is 30.3 Å². The smallest absolute Gasteiger partial charge is 0.314 e. The summed E-state index contributed by atoms with van der Waals surface area (Å²) in [5.74, 6) is -0.863. The molecule has 0 bridgehead atoms. The van der Waals surface area contributed by atoms with E-state index in [1.54, 1.807) is 13.8 Å². The molecule has 116 valence electrons. The van der Waals surface area contributed by atoms with Crippen LogP contribution in [0.25, 0.3) is 0 Å². The van der Waals surface area contributed by atoms with Crippen molar-refractivity contribution in [2.75, 3.05) is 26.3 Å². The summed E-state index contributed by atoms with van der Waals surface area (Å²) in [6, 6.07) is 9.48. The van der Waals surface area contributed by atoms with Gasteiger partial charge in [-0.05, 0) is 19.4 Å². The van der Waals surface area contributed by atoms with E-state index < -0.39 is 0 Å². The van der Waals surface area contributed by atoms with Crippen molar-refractivity contribution in [3.63, 3.8) is 0 Å². The number of benzene rings is 1. The monoisotopic (exact) mass is 293 g/mol. The van der Waals surface area contributed by atoms with E-state index in [0.717, 1.165) is 5.56 Å². The summed E-state index contributed by atoms with van der Waals surface area (Å²) in [5, 5.41) is 3.11. The van der Waals surface area contributed by atoms with Gasteiger partial charge in [0.25, 0.3) is 0 Å². The summed E-state index contributed by atoms with van der Waals surface area (Å²) in [6.07, 6.45) is 0.290. The van der Waals surface area contributed by atoms with Crippen molar-refractivity contribution in [3.05, 3.63) is 35.9 Å². The van der Waals surface area contributed by atoms with E-state index in [4.69, 9.17) is 9.47 Å². The second-order valence-electron chi connectivity index (χ2n) is 4.47. The van der Waals surface area contributed by atoms with Crippen LogP contribution in [0, 0.1) is 0 Å². The van der Waals surface area contributed by atoms with Crippen molar-refractivity contribution >= 4 is 11.9 Å². The van der Waals surface area contributed by atoms with E-state index >= 15 is 0 Å². The first-order valence-corrected chi connectivity index (χ1v) is 7.27. The molecule has 0 spiro atoms. The lowest BCUT2D eigenvalue weighted by molar-refractivity contribution is -0.144. The van der Waals surface area contributed by atoms with Gasteiger partial charge < -0.3 is 14.8 Å². The van der Waals surface area contributed by atoms with Crippen LogP contribution in [0.3, 0.4) is 0 Å². The Morgan fingerprint density at radius 1 is 1.10 bits per heavy atom. The molecule has 1 N–H and O–H groups in total. The van der Waals surface area contributed by atoms with Crippen LogP contribution >= 0.6 is 0 Å². The van der Waals surface area contributed by atoms with Crippen molar-refractivity contribution in [3.8, 4) is 0 Å². The van der Waals surface area contributed by atoms with Crippen LogP contribution < -0.4 is 5.32 Å². The Balaban J connectivity index is 2.51. The van der Waals surface area contributed by atoms with E-state index in [1.807, 2.05) is 30.3 Å². The zero-order valence-electron chi connectivity index (χ0n) is 12.6. The standard InChI is InChI=1S/C16H23NO4/c1-3-20-15(18)10-11-17-12-14(16(19)21-4-2)13-8-6-5-7-9-13/h5-9,14,17H,3-4,10-12H2,1-2H3. The van der Waals surface area contributed by atoms with Crippen LogP contribution in [0.2, 0.25) is 0 Å². The Kier molecular flexibility index (Phi) is 8.12. The number of esters is 2. The first-order chi connectivity index (χ1) is 10.2. The minimum absolute atomic E-state index is 0.239. The molecule has 5 nitrogen and oxygen atoms in total. The molecule has 0 saturated heterocycles. The summed E-state index contributed by atoms with van der Waals surface area (Å²) in [7, 11) is 0. The molecule has 1 aromatic rings.